The van der Waals surface area contributed by atoms with Crippen molar-refractivity contribution >= 4 is 22.6 Å². The molecule has 2 aromatic rings. The molecule has 1 aliphatic rings. The van der Waals surface area contributed by atoms with E-state index in [1.807, 2.05) is 12.1 Å². The van der Waals surface area contributed by atoms with Crippen LogP contribution in [0.5, 0.6) is 0 Å². The van der Waals surface area contributed by atoms with Gasteiger partial charge >= 0.3 is 0 Å². The summed E-state index contributed by atoms with van der Waals surface area (Å²) >= 11 is 0. The second kappa shape index (κ2) is 5.29. The van der Waals surface area contributed by atoms with Crippen LogP contribution in [-0.2, 0) is 9.53 Å². The van der Waals surface area contributed by atoms with Gasteiger partial charge in [0.15, 0.2) is 0 Å². The molecule has 0 saturated carbocycles. The van der Waals surface area contributed by atoms with Gasteiger partial charge in [0.05, 0.1) is 17.6 Å². The number of rotatable bonds is 2. The lowest BCUT2D eigenvalue weighted by Crippen LogP contribution is -2.45. The Morgan fingerprint density at radius 1 is 1.32 bits per heavy atom. The number of fused-ring (bicyclic) bond motifs is 1. The lowest BCUT2D eigenvalue weighted by atomic mass is 10.2. The molecule has 1 aliphatic heterocycles. The molecule has 0 unspecified atom stereocenters. The number of nitrogens with zero attached hydrogens (tertiary/aromatic N) is 2. The van der Waals surface area contributed by atoms with E-state index in [1.54, 1.807) is 18.5 Å². The fourth-order valence-electron chi connectivity index (χ4n) is 2.00. The Labute approximate surface area is 110 Å². The number of benzene rings is 1. The Kier molecular flexibility index (Phi) is 3.35. The summed E-state index contributed by atoms with van der Waals surface area (Å²) in [5, 5.41) is 5.96. The average Bonchev–Trinajstić information content (AvgIpc) is 2.48. The summed E-state index contributed by atoms with van der Waals surface area (Å²) < 4.78 is 5.40. The molecule has 0 bridgehead atoms. The highest BCUT2D eigenvalue weighted by Crippen LogP contribution is 2.15. The third kappa shape index (κ3) is 2.69. The molecule has 3 rings (SSSR count). The van der Waals surface area contributed by atoms with Gasteiger partial charge in [0.1, 0.15) is 6.10 Å². The van der Waals surface area contributed by atoms with Gasteiger partial charge < -0.3 is 15.4 Å². The summed E-state index contributed by atoms with van der Waals surface area (Å²) in [6, 6.07) is 5.44. The molecule has 2 N–H and O–H groups in total. The van der Waals surface area contributed by atoms with E-state index in [0.29, 0.717) is 18.8 Å². The van der Waals surface area contributed by atoms with Crippen LogP contribution in [0.1, 0.15) is 0 Å². The first-order chi connectivity index (χ1) is 9.33. The Bertz CT molecular complexity index is 596. The Morgan fingerprint density at radius 3 is 2.95 bits per heavy atom. The molecule has 98 valence electrons. The summed E-state index contributed by atoms with van der Waals surface area (Å²) in [5.74, 6) is -0.143. The van der Waals surface area contributed by atoms with E-state index < -0.39 is 6.10 Å². The Balaban J connectivity index is 1.75. The first-order valence-electron chi connectivity index (χ1n) is 6.17. The number of carbonyl (C=O) groups is 1. The number of morpholine rings is 1. The zero-order chi connectivity index (χ0) is 13.1. The molecular weight excluding hydrogens is 244 g/mol. The number of ether oxygens (including phenoxy) is 1. The van der Waals surface area contributed by atoms with Crippen LogP contribution >= 0.6 is 0 Å². The number of anilines is 1. The van der Waals surface area contributed by atoms with E-state index in [9.17, 15) is 4.79 Å². The van der Waals surface area contributed by atoms with Crippen LogP contribution in [-0.4, -0.2) is 41.7 Å². The standard InChI is InChI=1S/C13H14N4O2/c18-13(12-8-14-5-6-19-12)17-9-1-2-10-11(7-9)16-4-3-15-10/h1-4,7,12,14H,5-6,8H2,(H,17,18)/t12-/m0/s1. The number of hydrogen-bond donors (Lipinski definition) is 2. The van der Waals surface area contributed by atoms with Crippen LogP contribution in [0.3, 0.4) is 0 Å². The molecule has 6 heteroatoms. The van der Waals surface area contributed by atoms with Gasteiger partial charge in [-0.05, 0) is 18.2 Å². The minimum absolute atomic E-state index is 0.143. The van der Waals surface area contributed by atoms with E-state index in [1.165, 1.54) is 0 Å². The fourth-order valence-corrected chi connectivity index (χ4v) is 2.00. The molecule has 1 saturated heterocycles. The molecule has 0 aliphatic carbocycles. The molecule has 1 amide bonds. The third-order valence-corrected chi connectivity index (χ3v) is 2.96. The minimum Gasteiger partial charge on any atom is -0.366 e. The summed E-state index contributed by atoms with van der Waals surface area (Å²) in [4.78, 5) is 20.4. The van der Waals surface area contributed by atoms with Crippen LogP contribution in [0, 0.1) is 0 Å². The van der Waals surface area contributed by atoms with Gasteiger partial charge in [-0.25, -0.2) is 0 Å². The second-order valence-corrected chi connectivity index (χ2v) is 4.31. The SMILES string of the molecule is O=C(Nc1ccc2nccnc2c1)[C@@H]1CNCCO1. The van der Waals surface area contributed by atoms with Crippen LogP contribution in [0.2, 0.25) is 0 Å². The molecule has 19 heavy (non-hydrogen) atoms. The van der Waals surface area contributed by atoms with Crippen molar-refractivity contribution < 1.29 is 9.53 Å². The highest BCUT2D eigenvalue weighted by atomic mass is 16.5. The smallest absolute Gasteiger partial charge is 0.254 e. The van der Waals surface area contributed by atoms with Crippen LogP contribution in [0.15, 0.2) is 30.6 Å². The molecule has 6 nitrogen and oxygen atoms in total. The number of carbonyl (C=O) groups excluding carboxylic acids is 1. The van der Waals surface area contributed by atoms with Crippen molar-refractivity contribution in [3.63, 3.8) is 0 Å². The minimum atomic E-state index is -0.439. The highest BCUT2D eigenvalue weighted by Gasteiger charge is 2.21. The summed E-state index contributed by atoms with van der Waals surface area (Å²) in [5.41, 5.74) is 2.26. The predicted octanol–water partition coefficient (Wildman–Crippen LogP) is 0.557. The first kappa shape index (κ1) is 12.0. The predicted molar refractivity (Wildman–Crippen MR) is 70.8 cm³/mol. The molecule has 1 aromatic carbocycles. The van der Waals surface area contributed by atoms with Gasteiger partial charge in [-0.1, -0.05) is 0 Å². The van der Waals surface area contributed by atoms with Gasteiger partial charge in [0.2, 0.25) is 0 Å². The third-order valence-electron chi connectivity index (χ3n) is 2.96. The van der Waals surface area contributed by atoms with E-state index in [-0.39, 0.29) is 5.91 Å². The Morgan fingerprint density at radius 2 is 2.16 bits per heavy atom. The van der Waals surface area contributed by atoms with Crippen molar-refractivity contribution in [3.05, 3.63) is 30.6 Å². The zero-order valence-electron chi connectivity index (χ0n) is 10.3. The van der Waals surface area contributed by atoms with Crippen LogP contribution in [0.4, 0.5) is 5.69 Å². The van der Waals surface area contributed by atoms with Crippen molar-refractivity contribution in [3.8, 4) is 0 Å². The lowest BCUT2D eigenvalue weighted by molar-refractivity contribution is -0.128. The maximum absolute atomic E-state index is 12.0. The molecule has 0 radical (unpaired) electrons. The largest absolute Gasteiger partial charge is 0.366 e. The molecular formula is C13H14N4O2. The van der Waals surface area contributed by atoms with Crippen molar-refractivity contribution in [2.24, 2.45) is 0 Å². The van der Waals surface area contributed by atoms with Crippen molar-refractivity contribution in [2.45, 2.75) is 6.10 Å². The summed E-state index contributed by atoms with van der Waals surface area (Å²) in [6.45, 7) is 1.88. The quantitative estimate of drug-likeness (QED) is 0.823. The number of aromatic nitrogens is 2. The molecule has 1 aromatic heterocycles. The average molecular weight is 258 g/mol. The van der Waals surface area contributed by atoms with Crippen molar-refractivity contribution in [1.29, 1.82) is 0 Å². The summed E-state index contributed by atoms with van der Waals surface area (Å²) in [6.07, 6.45) is 2.83. The zero-order valence-corrected chi connectivity index (χ0v) is 10.3. The molecule has 2 heterocycles. The molecule has 1 atom stereocenters. The van der Waals surface area contributed by atoms with Gasteiger partial charge in [0, 0.05) is 31.2 Å². The van der Waals surface area contributed by atoms with E-state index in [0.717, 1.165) is 17.6 Å². The van der Waals surface area contributed by atoms with Gasteiger partial charge in [0.25, 0.3) is 5.91 Å². The number of hydrogen-bond acceptors (Lipinski definition) is 5. The topological polar surface area (TPSA) is 76.1 Å². The van der Waals surface area contributed by atoms with Crippen LogP contribution < -0.4 is 10.6 Å². The van der Waals surface area contributed by atoms with Gasteiger partial charge in [-0.3, -0.25) is 14.8 Å². The lowest BCUT2D eigenvalue weighted by Gasteiger charge is -2.22. The Hall–Kier alpha value is -2.05. The van der Waals surface area contributed by atoms with Gasteiger partial charge in [-0.15, -0.1) is 0 Å². The van der Waals surface area contributed by atoms with Crippen molar-refractivity contribution in [1.82, 2.24) is 15.3 Å². The number of amides is 1. The molecule has 0 spiro atoms. The molecule has 1 fully saturated rings. The first-order valence-corrected chi connectivity index (χ1v) is 6.17. The fraction of sp³-hybridized carbons (Fsp3) is 0.308. The van der Waals surface area contributed by atoms with Crippen LogP contribution in [0.25, 0.3) is 11.0 Å². The maximum atomic E-state index is 12.0. The maximum Gasteiger partial charge on any atom is 0.254 e. The normalized spacial score (nSPS) is 19.3. The monoisotopic (exact) mass is 258 g/mol. The van der Waals surface area contributed by atoms with E-state index in [2.05, 4.69) is 20.6 Å². The van der Waals surface area contributed by atoms with E-state index in [4.69, 9.17) is 4.74 Å². The summed E-state index contributed by atoms with van der Waals surface area (Å²) in [7, 11) is 0. The number of nitrogens with one attached hydrogen (secondary N) is 2. The second-order valence-electron chi connectivity index (χ2n) is 4.31. The highest BCUT2D eigenvalue weighted by molar-refractivity contribution is 5.96. The van der Waals surface area contributed by atoms with E-state index >= 15 is 0 Å². The van der Waals surface area contributed by atoms with Crippen molar-refractivity contribution in [2.75, 3.05) is 25.0 Å². The van der Waals surface area contributed by atoms with Gasteiger partial charge in [-0.2, -0.15) is 0 Å².